The van der Waals surface area contributed by atoms with Gasteiger partial charge in [0.05, 0.1) is 0 Å². The first kappa shape index (κ1) is 30.0. The molecule has 0 heterocycles. The molecule has 0 spiro atoms. The zero-order chi connectivity index (χ0) is 25.6. The van der Waals surface area contributed by atoms with Crippen molar-refractivity contribution >= 4 is 0 Å². The molecule has 4 aliphatic carbocycles. The molecule has 36 heavy (non-hydrogen) atoms. The molecule has 0 aromatic heterocycles. The summed E-state index contributed by atoms with van der Waals surface area (Å²) < 4.78 is 0. The van der Waals surface area contributed by atoms with Crippen molar-refractivity contribution in [3.63, 3.8) is 0 Å². The standard InChI is InChI=1S/2C18H32/c2*1-3-5-15-7-11-17(12-8-15)18-13-9-16(6-4-2)10-14-18/h2*3,5,15-18H,4,6-14H2,1-2H3/b2*5-3+. The molecule has 4 fully saturated rings. The van der Waals surface area contributed by atoms with Gasteiger partial charge in [-0.3, -0.25) is 0 Å². The second-order valence-corrected chi connectivity index (χ2v) is 13.5. The normalized spacial score (nSPS) is 38.1. The van der Waals surface area contributed by atoms with E-state index >= 15 is 0 Å². The van der Waals surface area contributed by atoms with Gasteiger partial charge in [-0.2, -0.15) is 0 Å². The molecule has 0 bridgehead atoms. The Hall–Kier alpha value is -0.520. The third-order valence-corrected chi connectivity index (χ3v) is 11.1. The van der Waals surface area contributed by atoms with Crippen molar-refractivity contribution in [3.8, 4) is 0 Å². The van der Waals surface area contributed by atoms with Crippen molar-refractivity contribution in [1.29, 1.82) is 0 Å². The molecule has 0 radical (unpaired) electrons. The van der Waals surface area contributed by atoms with Crippen molar-refractivity contribution < 1.29 is 0 Å². The molecule has 0 saturated heterocycles. The maximum atomic E-state index is 2.44. The molecule has 4 rings (SSSR count). The van der Waals surface area contributed by atoms with E-state index in [4.69, 9.17) is 0 Å². The fourth-order valence-electron chi connectivity index (χ4n) is 8.88. The number of hydrogen-bond donors (Lipinski definition) is 0. The van der Waals surface area contributed by atoms with Crippen LogP contribution in [0.25, 0.3) is 0 Å². The number of allylic oxidation sites excluding steroid dienone is 4. The topological polar surface area (TPSA) is 0 Å². The van der Waals surface area contributed by atoms with Crippen molar-refractivity contribution in [1.82, 2.24) is 0 Å². The van der Waals surface area contributed by atoms with E-state index in [2.05, 4.69) is 52.0 Å². The highest BCUT2D eigenvalue weighted by Crippen LogP contribution is 2.43. The first-order valence-electron chi connectivity index (χ1n) is 16.9. The van der Waals surface area contributed by atoms with E-state index in [1.807, 2.05) is 0 Å². The van der Waals surface area contributed by atoms with Gasteiger partial charge in [0.15, 0.2) is 0 Å². The van der Waals surface area contributed by atoms with Gasteiger partial charge in [0, 0.05) is 0 Å². The summed E-state index contributed by atoms with van der Waals surface area (Å²) in [6, 6.07) is 0. The Morgan fingerprint density at radius 2 is 0.694 bits per heavy atom. The second kappa shape index (κ2) is 17.1. The van der Waals surface area contributed by atoms with Crippen molar-refractivity contribution in [2.75, 3.05) is 0 Å². The zero-order valence-corrected chi connectivity index (χ0v) is 25.1. The molecule has 0 nitrogen and oxygen atoms in total. The molecular weight excluding hydrogens is 432 g/mol. The van der Waals surface area contributed by atoms with E-state index in [9.17, 15) is 0 Å². The number of rotatable bonds is 8. The Bertz CT molecular complexity index is 528. The molecular formula is C36H64. The Kier molecular flexibility index (Phi) is 14.3. The van der Waals surface area contributed by atoms with Gasteiger partial charge < -0.3 is 0 Å². The van der Waals surface area contributed by atoms with E-state index in [0.717, 1.165) is 47.3 Å². The summed E-state index contributed by atoms with van der Waals surface area (Å²) in [6.07, 6.45) is 39.4. The predicted octanol–water partition coefficient (Wildman–Crippen LogP) is 12.0. The van der Waals surface area contributed by atoms with Gasteiger partial charge in [0.25, 0.3) is 0 Å². The summed E-state index contributed by atoms with van der Waals surface area (Å²) in [5, 5.41) is 0. The van der Waals surface area contributed by atoms with Crippen LogP contribution in [0.5, 0.6) is 0 Å². The minimum Gasteiger partial charge on any atom is -0.0914 e. The lowest BCUT2D eigenvalue weighted by Crippen LogP contribution is -2.25. The maximum Gasteiger partial charge on any atom is -0.0233 e. The highest BCUT2D eigenvalue weighted by Gasteiger charge is 2.31. The van der Waals surface area contributed by atoms with Crippen molar-refractivity contribution in [2.24, 2.45) is 47.3 Å². The van der Waals surface area contributed by atoms with Crippen LogP contribution < -0.4 is 0 Å². The highest BCUT2D eigenvalue weighted by molar-refractivity contribution is 4.92. The third-order valence-electron chi connectivity index (χ3n) is 11.1. The molecule has 0 heteroatoms. The Morgan fingerprint density at radius 1 is 0.417 bits per heavy atom. The predicted molar refractivity (Wildman–Crippen MR) is 161 cm³/mol. The first-order valence-corrected chi connectivity index (χ1v) is 16.9. The summed E-state index contributed by atoms with van der Waals surface area (Å²) in [7, 11) is 0. The van der Waals surface area contributed by atoms with Gasteiger partial charge in [-0.05, 0) is 138 Å². The van der Waals surface area contributed by atoms with Crippen LogP contribution in [0.3, 0.4) is 0 Å². The van der Waals surface area contributed by atoms with E-state index in [0.29, 0.717) is 0 Å². The van der Waals surface area contributed by atoms with Crippen LogP contribution >= 0.6 is 0 Å². The summed E-state index contributed by atoms with van der Waals surface area (Å²) in [4.78, 5) is 0. The lowest BCUT2D eigenvalue weighted by molar-refractivity contribution is 0.152. The molecule has 0 N–H and O–H groups in total. The van der Waals surface area contributed by atoms with Gasteiger partial charge in [-0.25, -0.2) is 0 Å². The largest absolute Gasteiger partial charge is 0.0914 e. The van der Waals surface area contributed by atoms with E-state index in [1.165, 1.54) is 103 Å². The summed E-state index contributed by atoms with van der Waals surface area (Å²) >= 11 is 0. The summed E-state index contributed by atoms with van der Waals surface area (Å²) in [5.41, 5.74) is 0. The van der Waals surface area contributed by atoms with Crippen molar-refractivity contribution in [3.05, 3.63) is 24.3 Å². The lowest BCUT2D eigenvalue weighted by atomic mass is 9.69. The van der Waals surface area contributed by atoms with Crippen LogP contribution in [0.2, 0.25) is 0 Å². The van der Waals surface area contributed by atoms with Gasteiger partial charge in [-0.15, -0.1) is 0 Å². The van der Waals surface area contributed by atoms with Gasteiger partial charge in [-0.1, -0.05) is 89.5 Å². The van der Waals surface area contributed by atoms with Crippen LogP contribution in [0.1, 0.15) is 156 Å². The van der Waals surface area contributed by atoms with Crippen LogP contribution in [0.15, 0.2) is 24.3 Å². The van der Waals surface area contributed by atoms with Crippen LogP contribution in [0.4, 0.5) is 0 Å². The van der Waals surface area contributed by atoms with Gasteiger partial charge in [0.2, 0.25) is 0 Å². The average molecular weight is 497 g/mol. The molecule has 0 unspecified atom stereocenters. The fraction of sp³-hybridized carbons (Fsp3) is 0.889. The SMILES string of the molecule is C/C=C/C1CCC(C2CCC(CCC)CC2)CC1.C/C=C/C1CCC(C2CCC(CCC)CC2)CC1. The highest BCUT2D eigenvalue weighted by atomic mass is 14.4. The smallest absolute Gasteiger partial charge is 0.0233 e. The molecule has 4 saturated carbocycles. The Labute approximate surface area is 227 Å². The van der Waals surface area contributed by atoms with E-state index in [1.54, 1.807) is 25.7 Å². The average Bonchev–Trinajstić information content (AvgIpc) is 2.92. The summed E-state index contributed by atoms with van der Waals surface area (Å²) in [6.45, 7) is 9.02. The minimum absolute atomic E-state index is 0.905. The lowest BCUT2D eigenvalue weighted by Gasteiger charge is -2.37. The van der Waals surface area contributed by atoms with Crippen LogP contribution in [-0.2, 0) is 0 Å². The van der Waals surface area contributed by atoms with Crippen LogP contribution in [-0.4, -0.2) is 0 Å². The number of hydrogen-bond acceptors (Lipinski definition) is 0. The molecule has 0 amide bonds. The van der Waals surface area contributed by atoms with E-state index in [-0.39, 0.29) is 0 Å². The quantitative estimate of drug-likeness (QED) is 0.293. The molecule has 0 atom stereocenters. The Morgan fingerprint density at radius 3 is 0.944 bits per heavy atom. The molecule has 0 aromatic rings. The maximum absolute atomic E-state index is 2.44. The fourth-order valence-corrected chi connectivity index (χ4v) is 8.88. The van der Waals surface area contributed by atoms with Gasteiger partial charge >= 0.3 is 0 Å². The molecule has 0 aromatic carbocycles. The van der Waals surface area contributed by atoms with Gasteiger partial charge in [0.1, 0.15) is 0 Å². The minimum atomic E-state index is 0.905. The second-order valence-electron chi connectivity index (χ2n) is 13.5. The molecule has 4 aliphatic rings. The monoisotopic (exact) mass is 497 g/mol. The van der Waals surface area contributed by atoms with Crippen LogP contribution in [0, 0.1) is 47.3 Å². The first-order chi connectivity index (χ1) is 17.7. The third kappa shape index (κ3) is 9.98. The Balaban J connectivity index is 0.000000201. The summed E-state index contributed by atoms with van der Waals surface area (Å²) in [5.74, 6) is 8.29. The molecule has 208 valence electrons. The van der Waals surface area contributed by atoms with Crippen molar-refractivity contribution in [2.45, 2.75) is 156 Å². The zero-order valence-electron chi connectivity index (χ0n) is 25.1. The van der Waals surface area contributed by atoms with E-state index < -0.39 is 0 Å². The molecule has 0 aliphatic heterocycles.